The Labute approximate surface area is 318 Å². The fourth-order valence-electron chi connectivity index (χ4n) is 9.67. The maximum absolute atomic E-state index is 9.68. The lowest BCUT2D eigenvalue weighted by Gasteiger charge is -2.15. The Morgan fingerprint density at radius 2 is 1.05 bits per heavy atom. The second-order valence-corrected chi connectivity index (χ2v) is 14.8. The van der Waals surface area contributed by atoms with E-state index in [9.17, 15) is 5.26 Å². The maximum Gasteiger partial charge on any atom is 0.235 e. The number of fused-ring (bicyclic) bond motifs is 12. The van der Waals surface area contributed by atoms with Gasteiger partial charge in [0.1, 0.15) is 0 Å². The minimum absolute atomic E-state index is 0.606. The first kappa shape index (κ1) is 29.6. The summed E-state index contributed by atoms with van der Waals surface area (Å²) in [4.78, 5) is 11.2. The number of benzene rings is 9. The highest BCUT2D eigenvalue weighted by Gasteiger charge is 2.27. The van der Waals surface area contributed by atoms with Crippen LogP contribution in [0.2, 0.25) is 0 Å². The topological polar surface area (TPSA) is 58.9 Å². The van der Waals surface area contributed by atoms with E-state index < -0.39 is 0 Å². The van der Waals surface area contributed by atoms with E-state index >= 15 is 0 Å². The zero-order chi connectivity index (χ0) is 36.6. The fraction of sp³-hybridized carbons (Fsp3) is 0. The Kier molecular flexibility index (Phi) is 5.64. The van der Waals surface area contributed by atoms with Gasteiger partial charge in [-0.2, -0.15) is 5.26 Å². The smallest absolute Gasteiger partial charge is 0.235 e. The van der Waals surface area contributed by atoms with E-state index in [-0.39, 0.29) is 0 Å². The molecule has 0 unspecified atom stereocenters. The molecule has 0 fully saturated rings. The molecule has 0 N–H and O–H groups in total. The van der Waals surface area contributed by atoms with Gasteiger partial charge in [0.05, 0.1) is 50.4 Å². The number of nitriles is 1. The van der Waals surface area contributed by atoms with Crippen molar-refractivity contribution in [2.75, 3.05) is 0 Å². The molecule has 13 aromatic rings. The molecule has 256 valence electrons. The van der Waals surface area contributed by atoms with Gasteiger partial charge in [-0.25, -0.2) is 9.97 Å². The molecular formula is C51H27N5. The summed E-state index contributed by atoms with van der Waals surface area (Å²) in [5.41, 5.74) is 8.97. The van der Waals surface area contributed by atoms with Gasteiger partial charge in [-0.1, -0.05) is 127 Å². The highest BCUT2D eigenvalue weighted by Crippen LogP contribution is 2.48. The van der Waals surface area contributed by atoms with Crippen molar-refractivity contribution >= 4 is 103 Å². The summed E-state index contributed by atoms with van der Waals surface area (Å²) in [6.45, 7) is 0. The van der Waals surface area contributed by atoms with Crippen molar-refractivity contribution in [2.24, 2.45) is 0 Å². The van der Waals surface area contributed by atoms with E-state index in [0.717, 1.165) is 71.0 Å². The van der Waals surface area contributed by atoms with Crippen LogP contribution in [0.15, 0.2) is 164 Å². The van der Waals surface area contributed by atoms with E-state index in [1.54, 1.807) is 0 Å². The molecule has 4 aromatic heterocycles. The first-order valence-corrected chi connectivity index (χ1v) is 18.9. The van der Waals surface area contributed by atoms with Crippen LogP contribution in [0.25, 0.3) is 120 Å². The molecule has 0 amide bonds. The lowest BCUT2D eigenvalue weighted by Crippen LogP contribution is -2.04. The van der Waals surface area contributed by atoms with Crippen LogP contribution in [0, 0.1) is 11.3 Å². The predicted octanol–water partition coefficient (Wildman–Crippen LogP) is 12.9. The lowest BCUT2D eigenvalue weighted by atomic mass is 9.98. The lowest BCUT2D eigenvalue weighted by molar-refractivity contribution is 1.02. The Balaban J connectivity index is 1.35. The molecule has 0 aliphatic rings. The largest absolute Gasteiger partial charge is 0.308 e. The summed E-state index contributed by atoms with van der Waals surface area (Å²) in [6, 6.07) is 60.6. The van der Waals surface area contributed by atoms with Crippen LogP contribution in [0.5, 0.6) is 0 Å². The molecule has 9 aromatic carbocycles. The molecule has 0 aliphatic heterocycles. The average Bonchev–Trinajstić information content (AvgIpc) is 3.76. The Morgan fingerprint density at radius 3 is 1.82 bits per heavy atom. The Hall–Kier alpha value is -7.81. The molecule has 13 rings (SSSR count). The number of hydrogen-bond donors (Lipinski definition) is 0. The van der Waals surface area contributed by atoms with Gasteiger partial charge in [0, 0.05) is 54.0 Å². The standard InChI is InChI=1S/C51H27N5/c52-28-29-20-22-31(23-21-29)46-40-25-24-30-10-1-4-13-34(30)47(40)54-51(53-46)56-49-35-14-5-2-11-32(35)26-41-39-18-9-17-38-37-16-7-8-19-42(37)55(48(38)39)43-27-33-12-3-6-15-36(33)50(56)45(43)44(41)49/h1-27H. The van der Waals surface area contributed by atoms with Gasteiger partial charge in [-0.15, -0.1) is 0 Å². The zero-order valence-electron chi connectivity index (χ0n) is 29.8. The number of para-hydroxylation sites is 2. The number of rotatable bonds is 2. The number of hydrogen-bond acceptors (Lipinski definition) is 3. The fourth-order valence-corrected chi connectivity index (χ4v) is 9.67. The van der Waals surface area contributed by atoms with E-state index in [1.807, 2.05) is 24.3 Å². The molecule has 0 saturated heterocycles. The quantitative estimate of drug-likeness (QED) is 0.168. The molecule has 0 spiro atoms. The van der Waals surface area contributed by atoms with Gasteiger partial charge < -0.3 is 4.40 Å². The Bertz CT molecular complexity index is 3880. The predicted molar refractivity (Wildman–Crippen MR) is 231 cm³/mol. The summed E-state index contributed by atoms with van der Waals surface area (Å²) < 4.78 is 4.85. The van der Waals surface area contributed by atoms with Gasteiger partial charge in [0.2, 0.25) is 5.95 Å². The van der Waals surface area contributed by atoms with Crippen LogP contribution < -0.4 is 0 Å². The normalized spacial score (nSPS) is 12.3. The summed E-state index contributed by atoms with van der Waals surface area (Å²) in [6.07, 6.45) is 0. The van der Waals surface area contributed by atoms with E-state index in [0.29, 0.717) is 11.5 Å². The van der Waals surface area contributed by atoms with Gasteiger partial charge in [-0.05, 0) is 57.9 Å². The second-order valence-electron chi connectivity index (χ2n) is 14.8. The maximum atomic E-state index is 9.68. The average molecular weight is 710 g/mol. The highest BCUT2D eigenvalue weighted by atomic mass is 15.2. The minimum Gasteiger partial charge on any atom is -0.308 e. The summed E-state index contributed by atoms with van der Waals surface area (Å²) in [7, 11) is 0. The van der Waals surface area contributed by atoms with Crippen molar-refractivity contribution in [1.82, 2.24) is 18.9 Å². The van der Waals surface area contributed by atoms with Gasteiger partial charge >= 0.3 is 0 Å². The highest BCUT2D eigenvalue weighted by molar-refractivity contribution is 6.38. The summed E-state index contributed by atoms with van der Waals surface area (Å²) in [5, 5.41) is 24.7. The SMILES string of the molecule is N#Cc1ccc(-c2nc(-n3c4c5ccccc5cc5c6cccc7c8ccccc8n(c8cc9ccccc9c3c8c54)c67)nc3c2ccc2ccccc23)cc1. The molecule has 0 atom stereocenters. The third kappa shape index (κ3) is 3.72. The van der Waals surface area contributed by atoms with Crippen molar-refractivity contribution in [1.29, 1.82) is 5.26 Å². The van der Waals surface area contributed by atoms with Crippen molar-refractivity contribution < 1.29 is 0 Å². The van der Waals surface area contributed by atoms with Crippen LogP contribution in [0.4, 0.5) is 0 Å². The molecule has 5 heteroatoms. The first-order chi connectivity index (χ1) is 27.7. The third-order valence-corrected chi connectivity index (χ3v) is 12.0. The third-order valence-electron chi connectivity index (χ3n) is 12.0. The molecule has 56 heavy (non-hydrogen) atoms. The molecule has 0 saturated carbocycles. The molecule has 0 radical (unpaired) electrons. The minimum atomic E-state index is 0.606. The number of aromatic nitrogens is 4. The molecule has 4 heterocycles. The van der Waals surface area contributed by atoms with Crippen LogP contribution >= 0.6 is 0 Å². The van der Waals surface area contributed by atoms with Crippen molar-refractivity contribution in [2.45, 2.75) is 0 Å². The second kappa shape index (κ2) is 10.7. The monoisotopic (exact) mass is 709 g/mol. The van der Waals surface area contributed by atoms with Crippen molar-refractivity contribution in [3.8, 4) is 23.3 Å². The molecule has 0 bridgehead atoms. The van der Waals surface area contributed by atoms with E-state index in [1.165, 1.54) is 43.4 Å². The Morgan fingerprint density at radius 1 is 0.429 bits per heavy atom. The van der Waals surface area contributed by atoms with Crippen LogP contribution in [0.1, 0.15) is 5.56 Å². The van der Waals surface area contributed by atoms with Crippen molar-refractivity contribution in [3.63, 3.8) is 0 Å². The molecule has 5 nitrogen and oxygen atoms in total. The molecular weight excluding hydrogens is 683 g/mol. The van der Waals surface area contributed by atoms with Crippen molar-refractivity contribution in [3.05, 3.63) is 169 Å². The summed E-state index contributed by atoms with van der Waals surface area (Å²) in [5.74, 6) is 0.606. The zero-order valence-corrected chi connectivity index (χ0v) is 29.8. The van der Waals surface area contributed by atoms with Crippen LogP contribution in [0.3, 0.4) is 0 Å². The summed E-state index contributed by atoms with van der Waals surface area (Å²) >= 11 is 0. The first-order valence-electron chi connectivity index (χ1n) is 18.9. The number of nitrogens with zero attached hydrogens (tertiary/aromatic N) is 5. The molecule has 0 aliphatic carbocycles. The van der Waals surface area contributed by atoms with E-state index in [2.05, 4.69) is 155 Å². The van der Waals surface area contributed by atoms with Crippen LogP contribution in [-0.4, -0.2) is 18.9 Å². The van der Waals surface area contributed by atoms with Gasteiger partial charge in [0.15, 0.2) is 0 Å². The van der Waals surface area contributed by atoms with Crippen LogP contribution in [-0.2, 0) is 0 Å². The van der Waals surface area contributed by atoms with E-state index in [4.69, 9.17) is 9.97 Å². The van der Waals surface area contributed by atoms with Gasteiger partial charge in [-0.3, -0.25) is 4.57 Å². The van der Waals surface area contributed by atoms with Gasteiger partial charge in [0.25, 0.3) is 0 Å².